The van der Waals surface area contributed by atoms with Crippen LogP contribution in [0, 0.1) is 6.92 Å². The van der Waals surface area contributed by atoms with Crippen molar-refractivity contribution in [1.29, 1.82) is 0 Å². The number of carbonyl (C=O) groups excluding carboxylic acids is 1. The molecule has 1 N–H and O–H groups in total. The van der Waals surface area contributed by atoms with Crippen LogP contribution in [0.25, 0.3) is 11.5 Å². The summed E-state index contributed by atoms with van der Waals surface area (Å²) in [5, 5.41) is 7.15. The predicted octanol–water partition coefficient (Wildman–Crippen LogP) is 2.48. The Kier molecular flexibility index (Phi) is 3.31. The third-order valence-corrected chi connectivity index (χ3v) is 3.70. The Morgan fingerprint density at radius 1 is 1.12 bits per heavy atom. The summed E-state index contributed by atoms with van der Waals surface area (Å²) in [5.74, 6) is 0.755. The molecule has 1 aromatic carbocycles. The first-order valence-electron chi connectivity index (χ1n) is 7.43. The number of rotatable bonds is 3. The number of nitrogens with one attached hydrogen (secondary N) is 1. The van der Waals surface area contributed by atoms with Gasteiger partial charge in [0.1, 0.15) is 11.5 Å². The molecular formula is C17H14N6O. The topological polar surface area (TPSA) is 77.1 Å². The van der Waals surface area contributed by atoms with E-state index in [-0.39, 0.29) is 5.91 Å². The quantitative estimate of drug-likeness (QED) is 0.629. The van der Waals surface area contributed by atoms with Gasteiger partial charge in [0.15, 0.2) is 0 Å². The average Bonchev–Trinajstić information content (AvgIpc) is 3.22. The lowest BCUT2D eigenvalue weighted by atomic mass is 10.2. The van der Waals surface area contributed by atoms with Gasteiger partial charge in [-0.25, -0.2) is 14.6 Å². The van der Waals surface area contributed by atoms with Crippen LogP contribution in [0.5, 0.6) is 0 Å². The lowest BCUT2D eigenvalue weighted by Crippen LogP contribution is -2.15. The van der Waals surface area contributed by atoms with E-state index in [0.29, 0.717) is 17.3 Å². The minimum atomic E-state index is -0.309. The first kappa shape index (κ1) is 14.1. The Bertz CT molecular complexity index is 999. The molecule has 118 valence electrons. The van der Waals surface area contributed by atoms with E-state index in [4.69, 9.17) is 0 Å². The van der Waals surface area contributed by atoms with Crippen molar-refractivity contribution in [2.24, 2.45) is 0 Å². The summed E-state index contributed by atoms with van der Waals surface area (Å²) in [6, 6.07) is 11.4. The van der Waals surface area contributed by atoms with Gasteiger partial charge < -0.3 is 5.32 Å². The van der Waals surface area contributed by atoms with E-state index in [2.05, 4.69) is 20.4 Å². The maximum atomic E-state index is 12.5. The molecule has 24 heavy (non-hydrogen) atoms. The van der Waals surface area contributed by atoms with Crippen LogP contribution in [0.2, 0.25) is 0 Å². The molecular weight excluding hydrogens is 304 g/mol. The number of fused-ring (bicyclic) bond motifs is 1. The zero-order valence-corrected chi connectivity index (χ0v) is 12.9. The maximum Gasteiger partial charge on any atom is 0.277 e. The summed E-state index contributed by atoms with van der Waals surface area (Å²) in [7, 11) is 0. The average molecular weight is 318 g/mol. The highest BCUT2D eigenvalue weighted by atomic mass is 16.2. The van der Waals surface area contributed by atoms with Gasteiger partial charge in [0, 0.05) is 24.7 Å². The molecule has 4 rings (SSSR count). The Labute approximate surface area is 137 Å². The molecule has 0 aliphatic heterocycles. The van der Waals surface area contributed by atoms with Crippen molar-refractivity contribution in [3.8, 4) is 5.69 Å². The minimum Gasteiger partial charge on any atom is -0.305 e. The standard InChI is InChI=1S/C17H14N6O/c1-12-5-2-3-6-14(12)23-15(7-9-19-23)21-16(24)13-11-22-10-4-8-18-17(22)20-13/h2-11H,1H3,(H,21,24). The van der Waals surface area contributed by atoms with Crippen LogP contribution in [-0.2, 0) is 0 Å². The van der Waals surface area contributed by atoms with Crippen molar-refractivity contribution in [3.63, 3.8) is 0 Å². The van der Waals surface area contributed by atoms with Crippen LogP contribution in [0.1, 0.15) is 16.1 Å². The number of nitrogens with zero attached hydrogens (tertiary/aromatic N) is 5. The molecule has 0 saturated heterocycles. The summed E-state index contributed by atoms with van der Waals surface area (Å²) >= 11 is 0. The molecule has 0 unspecified atom stereocenters. The van der Waals surface area contributed by atoms with Gasteiger partial charge in [-0.3, -0.25) is 9.20 Å². The first-order chi connectivity index (χ1) is 11.7. The summed E-state index contributed by atoms with van der Waals surface area (Å²) in [4.78, 5) is 20.8. The van der Waals surface area contributed by atoms with Crippen LogP contribution in [0.15, 0.2) is 61.2 Å². The Morgan fingerprint density at radius 2 is 2.00 bits per heavy atom. The predicted molar refractivity (Wildman–Crippen MR) is 89.2 cm³/mol. The molecule has 4 aromatic rings. The number of aryl methyl sites for hydroxylation is 1. The maximum absolute atomic E-state index is 12.5. The van der Waals surface area contributed by atoms with Crippen LogP contribution < -0.4 is 5.32 Å². The third-order valence-electron chi connectivity index (χ3n) is 3.70. The Morgan fingerprint density at radius 3 is 2.83 bits per heavy atom. The highest BCUT2D eigenvalue weighted by Crippen LogP contribution is 2.18. The number of para-hydroxylation sites is 1. The lowest BCUT2D eigenvalue weighted by molar-refractivity contribution is 0.102. The molecule has 0 radical (unpaired) electrons. The first-order valence-corrected chi connectivity index (χ1v) is 7.43. The largest absolute Gasteiger partial charge is 0.305 e. The minimum absolute atomic E-state index is 0.297. The normalized spacial score (nSPS) is 10.9. The van der Waals surface area contributed by atoms with Crippen molar-refractivity contribution in [2.75, 3.05) is 5.32 Å². The van der Waals surface area contributed by atoms with Crippen LogP contribution in [0.3, 0.4) is 0 Å². The SMILES string of the molecule is Cc1ccccc1-n1nccc1NC(=O)c1cn2cccnc2n1. The van der Waals surface area contributed by atoms with Gasteiger partial charge in [-0.1, -0.05) is 18.2 Å². The molecule has 0 aliphatic carbocycles. The second kappa shape index (κ2) is 5.62. The zero-order chi connectivity index (χ0) is 16.5. The number of carbonyl (C=O) groups is 1. The third kappa shape index (κ3) is 2.41. The number of imidazole rings is 1. The number of anilines is 1. The van der Waals surface area contributed by atoms with Crippen LogP contribution >= 0.6 is 0 Å². The second-order valence-corrected chi connectivity index (χ2v) is 5.32. The molecule has 3 aromatic heterocycles. The number of aromatic nitrogens is 5. The zero-order valence-electron chi connectivity index (χ0n) is 12.9. The molecule has 1 amide bonds. The van der Waals surface area contributed by atoms with Gasteiger partial charge >= 0.3 is 0 Å². The summed E-state index contributed by atoms with van der Waals surface area (Å²) in [5.41, 5.74) is 2.27. The summed E-state index contributed by atoms with van der Waals surface area (Å²) in [6.07, 6.45) is 6.72. The van der Waals surface area contributed by atoms with Crippen molar-refractivity contribution in [3.05, 3.63) is 72.4 Å². The van der Waals surface area contributed by atoms with Crippen LogP contribution in [-0.4, -0.2) is 30.1 Å². The number of benzene rings is 1. The van der Waals surface area contributed by atoms with Crippen LogP contribution in [0.4, 0.5) is 5.82 Å². The fourth-order valence-electron chi connectivity index (χ4n) is 2.51. The monoisotopic (exact) mass is 318 g/mol. The van der Waals surface area contributed by atoms with Crippen molar-refractivity contribution >= 4 is 17.5 Å². The number of hydrogen-bond donors (Lipinski definition) is 1. The highest BCUT2D eigenvalue weighted by Gasteiger charge is 2.15. The van der Waals surface area contributed by atoms with Gasteiger partial charge in [-0.05, 0) is 24.6 Å². The van der Waals surface area contributed by atoms with E-state index in [1.54, 1.807) is 46.0 Å². The smallest absolute Gasteiger partial charge is 0.277 e. The molecule has 0 saturated carbocycles. The van der Waals surface area contributed by atoms with E-state index in [9.17, 15) is 4.79 Å². The van der Waals surface area contributed by atoms with Gasteiger partial charge in [0.25, 0.3) is 5.91 Å². The van der Waals surface area contributed by atoms with E-state index < -0.39 is 0 Å². The number of amides is 1. The van der Waals surface area contributed by atoms with Crippen molar-refractivity contribution < 1.29 is 4.79 Å². The molecule has 3 heterocycles. The second-order valence-electron chi connectivity index (χ2n) is 5.32. The molecule has 0 aliphatic rings. The molecule has 7 nitrogen and oxygen atoms in total. The van der Waals surface area contributed by atoms with Crippen molar-refractivity contribution in [1.82, 2.24) is 24.1 Å². The molecule has 0 fully saturated rings. The highest BCUT2D eigenvalue weighted by molar-refractivity contribution is 6.02. The van der Waals surface area contributed by atoms with Crippen molar-refractivity contribution in [2.45, 2.75) is 6.92 Å². The molecule has 0 spiro atoms. The Balaban J connectivity index is 1.65. The molecule has 7 heteroatoms. The number of hydrogen-bond acceptors (Lipinski definition) is 4. The van der Waals surface area contributed by atoms with E-state index in [1.165, 1.54) is 0 Å². The van der Waals surface area contributed by atoms with Gasteiger partial charge in [0.05, 0.1) is 11.9 Å². The fourth-order valence-corrected chi connectivity index (χ4v) is 2.51. The molecule has 0 bridgehead atoms. The fraction of sp³-hybridized carbons (Fsp3) is 0.0588. The molecule has 0 atom stereocenters. The van der Waals surface area contributed by atoms with Gasteiger partial charge in [0.2, 0.25) is 5.78 Å². The summed E-state index contributed by atoms with van der Waals surface area (Å²) in [6.45, 7) is 2.00. The Hall–Kier alpha value is -3.48. The summed E-state index contributed by atoms with van der Waals surface area (Å²) < 4.78 is 3.40. The van der Waals surface area contributed by atoms with Gasteiger partial charge in [-0.2, -0.15) is 5.10 Å². The lowest BCUT2D eigenvalue weighted by Gasteiger charge is -2.10. The van der Waals surface area contributed by atoms with E-state index in [0.717, 1.165) is 11.3 Å². The van der Waals surface area contributed by atoms with E-state index in [1.807, 2.05) is 31.2 Å². The van der Waals surface area contributed by atoms with Gasteiger partial charge in [-0.15, -0.1) is 0 Å². The van der Waals surface area contributed by atoms with E-state index >= 15 is 0 Å².